The Kier molecular flexibility index (Phi) is 4.61. The molecule has 2 aromatic carbocycles. The molecule has 0 heterocycles. The Morgan fingerprint density at radius 3 is 2.63 bits per heavy atom. The molecule has 0 radical (unpaired) electrons. The van der Waals surface area contributed by atoms with Gasteiger partial charge in [0.2, 0.25) is 0 Å². The SMILES string of the molecule is O=C(Cc1cccc(Cl)c1F)c1cc(Cl)cc(Br)c1. The van der Waals surface area contributed by atoms with E-state index in [0.29, 0.717) is 15.1 Å². The van der Waals surface area contributed by atoms with Crippen LogP contribution < -0.4 is 0 Å². The van der Waals surface area contributed by atoms with Crippen molar-refractivity contribution >= 4 is 44.9 Å². The monoisotopic (exact) mass is 360 g/mol. The van der Waals surface area contributed by atoms with Crippen molar-refractivity contribution in [1.29, 1.82) is 0 Å². The molecule has 0 N–H and O–H groups in total. The summed E-state index contributed by atoms with van der Waals surface area (Å²) in [6, 6.07) is 9.48. The highest BCUT2D eigenvalue weighted by molar-refractivity contribution is 9.10. The second-order valence-corrected chi connectivity index (χ2v) is 5.73. The predicted molar refractivity (Wildman–Crippen MR) is 78.6 cm³/mol. The van der Waals surface area contributed by atoms with E-state index in [-0.39, 0.29) is 22.8 Å². The molecule has 98 valence electrons. The molecule has 0 fully saturated rings. The first-order chi connectivity index (χ1) is 8.97. The van der Waals surface area contributed by atoms with Gasteiger partial charge in [-0.2, -0.15) is 0 Å². The van der Waals surface area contributed by atoms with Gasteiger partial charge in [0.15, 0.2) is 5.78 Å². The Balaban J connectivity index is 2.28. The maximum Gasteiger partial charge on any atom is 0.167 e. The lowest BCUT2D eigenvalue weighted by Crippen LogP contribution is -2.05. The summed E-state index contributed by atoms with van der Waals surface area (Å²) in [5, 5.41) is 0.460. The van der Waals surface area contributed by atoms with Crippen LogP contribution in [0.3, 0.4) is 0 Å². The summed E-state index contributed by atoms with van der Waals surface area (Å²) >= 11 is 14.8. The fourth-order valence-corrected chi connectivity index (χ4v) is 2.73. The van der Waals surface area contributed by atoms with Crippen LogP contribution >= 0.6 is 39.1 Å². The fraction of sp³-hybridized carbons (Fsp3) is 0.0714. The van der Waals surface area contributed by atoms with Crippen molar-refractivity contribution in [3.63, 3.8) is 0 Å². The minimum absolute atomic E-state index is 0.0116. The molecular weight excluding hydrogens is 354 g/mol. The number of carbonyl (C=O) groups excluding carboxylic acids is 1. The summed E-state index contributed by atoms with van der Waals surface area (Å²) in [5.41, 5.74) is 0.701. The van der Waals surface area contributed by atoms with Gasteiger partial charge in [-0.3, -0.25) is 4.79 Å². The van der Waals surface area contributed by atoms with E-state index < -0.39 is 5.82 Å². The highest BCUT2D eigenvalue weighted by Gasteiger charge is 2.13. The summed E-state index contributed by atoms with van der Waals surface area (Å²) in [6.45, 7) is 0. The van der Waals surface area contributed by atoms with E-state index in [2.05, 4.69) is 15.9 Å². The van der Waals surface area contributed by atoms with Crippen molar-refractivity contribution < 1.29 is 9.18 Å². The van der Waals surface area contributed by atoms with Crippen LogP contribution in [0, 0.1) is 5.82 Å². The van der Waals surface area contributed by atoms with Gasteiger partial charge in [0.25, 0.3) is 0 Å². The van der Waals surface area contributed by atoms with Gasteiger partial charge in [0.1, 0.15) is 5.82 Å². The molecule has 0 unspecified atom stereocenters. The van der Waals surface area contributed by atoms with Gasteiger partial charge in [-0.15, -0.1) is 0 Å². The van der Waals surface area contributed by atoms with E-state index >= 15 is 0 Å². The zero-order valence-electron chi connectivity index (χ0n) is 9.59. The highest BCUT2D eigenvalue weighted by Crippen LogP contribution is 2.23. The first-order valence-corrected chi connectivity index (χ1v) is 6.94. The molecule has 0 atom stereocenters. The van der Waals surface area contributed by atoms with Crippen molar-refractivity contribution in [2.75, 3.05) is 0 Å². The van der Waals surface area contributed by atoms with Gasteiger partial charge in [-0.25, -0.2) is 4.39 Å². The van der Waals surface area contributed by atoms with Crippen molar-refractivity contribution in [3.8, 4) is 0 Å². The van der Waals surface area contributed by atoms with E-state index in [0.717, 1.165) is 0 Å². The summed E-state index contributed by atoms with van der Waals surface area (Å²) < 4.78 is 14.4. The number of ketones is 1. The predicted octanol–water partition coefficient (Wildman–Crippen LogP) is 5.32. The Bertz CT molecular complexity index is 623. The minimum atomic E-state index is -0.557. The molecule has 0 aromatic heterocycles. The topological polar surface area (TPSA) is 17.1 Å². The average Bonchev–Trinajstić information content (AvgIpc) is 2.33. The van der Waals surface area contributed by atoms with Crippen LogP contribution in [0.15, 0.2) is 40.9 Å². The van der Waals surface area contributed by atoms with Crippen LogP contribution in [-0.4, -0.2) is 5.78 Å². The molecule has 2 aromatic rings. The minimum Gasteiger partial charge on any atom is -0.294 e. The summed E-state index contributed by atoms with van der Waals surface area (Å²) in [7, 11) is 0. The summed E-state index contributed by atoms with van der Waals surface area (Å²) in [6.07, 6.45) is -0.0564. The van der Waals surface area contributed by atoms with Crippen LogP contribution in [0.2, 0.25) is 10.0 Å². The molecule has 0 aliphatic rings. The van der Waals surface area contributed by atoms with Crippen LogP contribution in [0.4, 0.5) is 4.39 Å². The molecule has 0 spiro atoms. The van der Waals surface area contributed by atoms with Crippen molar-refractivity contribution in [3.05, 3.63) is 67.9 Å². The standard InChI is InChI=1S/C14H8BrCl2FO/c15-10-4-9(5-11(16)7-10)13(19)6-8-2-1-3-12(17)14(8)18/h1-5,7H,6H2. The number of hydrogen-bond acceptors (Lipinski definition) is 1. The first-order valence-electron chi connectivity index (χ1n) is 5.39. The van der Waals surface area contributed by atoms with Gasteiger partial charge in [0.05, 0.1) is 5.02 Å². The van der Waals surface area contributed by atoms with Crippen LogP contribution in [-0.2, 0) is 6.42 Å². The normalized spacial score (nSPS) is 10.5. The maximum absolute atomic E-state index is 13.7. The molecule has 0 bridgehead atoms. The molecule has 0 saturated carbocycles. The smallest absolute Gasteiger partial charge is 0.167 e. The number of benzene rings is 2. The Morgan fingerprint density at radius 2 is 1.95 bits per heavy atom. The Morgan fingerprint density at radius 1 is 1.21 bits per heavy atom. The third-order valence-electron chi connectivity index (χ3n) is 2.57. The lowest BCUT2D eigenvalue weighted by Gasteiger charge is -2.05. The summed E-state index contributed by atoms with van der Waals surface area (Å²) in [4.78, 5) is 12.1. The molecular formula is C14H8BrCl2FO. The fourth-order valence-electron chi connectivity index (χ4n) is 1.67. The first kappa shape index (κ1) is 14.5. The lowest BCUT2D eigenvalue weighted by atomic mass is 10.0. The second kappa shape index (κ2) is 6.04. The molecule has 1 nitrogen and oxygen atoms in total. The zero-order valence-corrected chi connectivity index (χ0v) is 12.7. The molecule has 0 saturated heterocycles. The molecule has 0 aliphatic carbocycles. The lowest BCUT2D eigenvalue weighted by molar-refractivity contribution is 0.0992. The van der Waals surface area contributed by atoms with E-state index in [1.54, 1.807) is 30.3 Å². The molecule has 0 amide bonds. The number of halogens is 4. The Labute approximate surface area is 128 Å². The number of carbonyl (C=O) groups is 1. The second-order valence-electron chi connectivity index (χ2n) is 3.97. The molecule has 5 heteroatoms. The van der Waals surface area contributed by atoms with Gasteiger partial charge < -0.3 is 0 Å². The number of Topliss-reactive ketones (excluding diaryl/α,β-unsaturated/α-hetero) is 1. The summed E-state index contributed by atoms with van der Waals surface area (Å²) in [5.74, 6) is -0.775. The van der Waals surface area contributed by atoms with Crippen molar-refractivity contribution in [2.24, 2.45) is 0 Å². The van der Waals surface area contributed by atoms with E-state index in [1.807, 2.05) is 0 Å². The van der Waals surface area contributed by atoms with E-state index in [4.69, 9.17) is 23.2 Å². The van der Waals surface area contributed by atoms with Crippen molar-refractivity contribution in [2.45, 2.75) is 6.42 Å². The third-order valence-corrected chi connectivity index (χ3v) is 3.54. The highest BCUT2D eigenvalue weighted by atomic mass is 79.9. The number of hydrogen-bond donors (Lipinski definition) is 0. The van der Waals surface area contributed by atoms with Gasteiger partial charge in [-0.05, 0) is 29.8 Å². The van der Waals surface area contributed by atoms with Crippen LogP contribution in [0.1, 0.15) is 15.9 Å². The van der Waals surface area contributed by atoms with Crippen LogP contribution in [0.5, 0.6) is 0 Å². The Hall–Kier alpha value is -0.900. The van der Waals surface area contributed by atoms with Gasteiger partial charge in [0, 0.05) is 21.5 Å². The average molecular weight is 362 g/mol. The van der Waals surface area contributed by atoms with Crippen LogP contribution in [0.25, 0.3) is 0 Å². The quantitative estimate of drug-likeness (QED) is 0.676. The maximum atomic E-state index is 13.7. The van der Waals surface area contributed by atoms with Crippen molar-refractivity contribution in [1.82, 2.24) is 0 Å². The zero-order chi connectivity index (χ0) is 14.0. The largest absolute Gasteiger partial charge is 0.294 e. The van der Waals surface area contributed by atoms with Gasteiger partial charge in [-0.1, -0.05) is 51.3 Å². The molecule has 0 aliphatic heterocycles. The third kappa shape index (κ3) is 3.56. The van der Waals surface area contributed by atoms with E-state index in [1.165, 1.54) is 6.07 Å². The number of rotatable bonds is 3. The van der Waals surface area contributed by atoms with Gasteiger partial charge >= 0.3 is 0 Å². The molecule has 2 rings (SSSR count). The molecule has 19 heavy (non-hydrogen) atoms. The van der Waals surface area contributed by atoms with E-state index in [9.17, 15) is 9.18 Å².